The van der Waals surface area contributed by atoms with Crippen molar-refractivity contribution < 1.29 is 11.0 Å². The molecule has 7 heteroatoms. The highest BCUT2D eigenvalue weighted by Gasteiger charge is 2.20. The van der Waals surface area contributed by atoms with Crippen LogP contribution in [-0.2, 0) is 0 Å². The number of pyridine rings is 1. The second kappa shape index (κ2) is 10.4. The molecule has 2 amide bonds. The first kappa shape index (κ1) is 22.7. The van der Waals surface area contributed by atoms with Gasteiger partial charge in [-0.2, -0.15) is 0 Å². The van der Waals surface area contributed by atoms with Crippen LogP contribution >= 0.6 is 0 Å². The number of nitrogens with one attached hydrogen (secondary N) is 1. The average Bonchev–Trinajstić information content (AvgIpc) is 2.79. The van der Waals surface area contributed by atoms with Crippen molar-refractivity contribution >= 4 is 23.3 Å². The number of likely N-dealkylation sites (N-methyl/N-ethyl adjacent to an activating group) is 1. The van der Waals surface area contributed by atoms with Crippen LogP contribution in [0.1, 0.15) is 48.0 Å². The summed E-state index contributed by atoms with van der Waals surface area (Å²) in [4.78, 5) is 35.9. The molecule has 2 aromatic rings. The van der Waals surface area contributed by atoms with E-state index in [9.17, 15) is 9.59 Å². The Balaban J connectivity index is 0.00000363. The first-order valence-corrected chi connectivity index (χ1v) is 11.0. The summed E-state index contributed by atoms with van der Waals surface area (Å²) >= 11 is 0. The largest absolute Gasteiger partial charge is 0.340 e. The maximum atomic E-state index is 12.8. The van der Waals surface area contributed by atoms with Gasteiger partial charge in [-0.05, 0) is 57.1 Å². The third-order valence-corrected chi connectivity index (χ3v) is 5.71. The quantitative estimate of drug-likeness (QED) is 0.734. The van der Waals surface area contributed by atoms with Gasteiger partial charge in [0.2, 0.25) is 0 Å². The summed E-state index contributed by atoms with van der Waals surface area (Å²) in [5.41, 5.74) is 3.11. The first-order chi connectivity index (χ1) is 14.9. The highest BCUT2D eigenvalue weighted by atomic mass is 16.2. The van der Waals surface area contributed by atoms with Gasteiger partial charge in [0, 0.05) is 58.1 Å². The van der Waals surface area contributed by atoms with Gasteiger partial charge in [-0.1, -0.05) is 13.0 Å². The van der Waals surface area contributed by atoms with Crippen molar-refractivity contribution in [3.63, 3.8) is 0 Å². The molecule has 1 saturated heterocycles. The van der Waals surface area contributed by atoms with Gasteiger partial charge in [0.1, 0.15) is 5.82 Å². The van der Waals surface area contributed by atoms with E-state index in [-0.39, 0.29) is 13.2 Å². The minimum absolute atomic E-state index is 0. The van der Waals surface area contributed by atoms with Crippen LogP contribution in [0.5, 0.6) is 0 Å². The van der Waals surface area contributed by atoms with Crippen LogP contribution in [0.4, 0.5) is 11.5 Å². The van der Waals surface area contributed by atoms with Crippen LogP contribution in [0.15, 0.2) is 36.5 Å². The van der Waals surface area contributed by atoms with E-state index in [2.05, 4.69) is 29.2 Å². The summed E-state index contributed by atoms with van der Waals surface area (Å²) in [6.45, 7) is 10.7. The summed E-state index contributed by atoms with van der Waals surface area (Å²) in [6, 6.07) is 9.31. The Morgan fingerprint density at radius 3 is 2.42 bits per heavy atom. The molecule has 1 aromatic carbocycles. The lowest BCUT2D eigenvalue weighted by Gasteiger charge is -2.32. The number of aryl methyl sites for hydroxylation is 1. The molecule has 168 valence electrons. The molecule has 1 N–H and O–H groups in total. The van der Waals surface area contributed by atoms with Crippen LogP contribution in [0.3, 0.4) is 0 Å². The molecule has 0 unspecified atom stereocenters. The molecule has 0 radical (unpaired) electrons. The van der Waals surface area contributed by atoms with Crippen LogP contribution in [0.25, 0.3) is 0 Å². The van der Waals surface area contributed by atoms with Gasteiger partial charge >= 0.3 is 0 Å². The fraction of sp³-hybridized carbons (Fsp3) is 0.458. The number of rotatable bonds is 7. The Hall–Kier alpha value is -2.93. The van der Waals surface area contributed by atoms with E-state index in [1.165, 1.54) is 0 Å². The van der Waals surface area contributed by atoms with Crippen molar-refractivity contribution in [1.82, 2.24) is 19.7 Å². The van der Waals surface area contributed by atoms with E-state index in [1.54, 1.807) is 12.3 Å². The zero-order valence-corrected chi connectivity index (χ0v) is 19.0. The number of piperazine rings is 1. The first-order valence-electron chi connectivity index (χ1n) is 11.0. The fourth-order valence-corrected chi connectivity index (χ4v) is 3.67. The smallest absolute Gasteiger partial charge is 0.255 e. The van der Waals surface area contributed by atoms with Gasteiger partial charge in [-0.3, -0.25) is 9.59 Å². The van der Waals surface area contributed by atoms with Crippen molar-refractivity contribution in [3.8, 4) is 0 Å². The Bertz CT molecular complexity index is 911. The predicted molar refractivity (Wildman–Crippen MR) is 126 cm³/mol. The van der Waals surface area contributed by atoms with E-state index in [4.69, 9.17) is 0 Å². The number of anilines is 2. The van der Waals surface area contributed by atoms with E-state index >= 15 is 0 Å². The third-order valence-electron chi connectivity index (χ3n) is 5.71. The van der Waals surface area contributed by atoms with Crippen molar-refractivity contribution in [1.29, 1.82) is 0 Å². The molecule has 3 rings (SSSR count). The zero-order valence-electron chi connectivity index (χ0n) is 19.0. The molecule has 0 bridgehead atoms. The lowest BCUT2D eigenvalue weighted by Crippen LogP contribution is -2.47. The van der Waals surface area contributed by atoms with Crippen molar-refractivity contribution in [3.05, 3.63) is 53.2 Å². The van der Waals surface area contributed by atoms with Crippen LogP contribution in [0, 0.1) is 6.92 Å². The van der Waals surface area contributed by atoms with E-state index in [0.29, 0.717) is 23.5 Å². The standard InChI is InChI=1S/C24H33N5O2.H2/c1-5-11-28(6-2)23(30)19-8-7-18(3)21(16-19)26-22-10-9-20(17-25-22)24(31)29-14-12-27(4)13-15-29;/h7-10,16-17H,5-6,11-15H2,1-4H3,(H,25,26);1H. The molecular formula is C24H35N5O2. The Kier molecular flexibility index (Phi) is 7.63. The van der Waals surface area contributed by atoms with Crippen LogP contribution in [-0.4, -0.2) is 77.8 Å². The molecule has 0 saturated carbocycles. The number of aromatic nitrogens is 1. The Morgan fingerprint density at radius 2 is 1.81 bits per heavy atom. The molecule has 1 fully saturated rings. The van der Waals surface area contributed by atoms with Gasteiger partial charge < -0.3 is 20.0 Å². The SMILES string of the molecule is CCCN(CC)C(=O)c1ccc(C)c(Nc2ccc(C(=O)N3CCN(C)CC3)cn2)c1.[HH]. The minimum atomic E-state index is 0. The van der Waals surface area contributed by atoms with Gasteiger partial charge in [0.25, 0.3) is 11.8 Å². The number of hydrogen-bond acceptors (Lipinski definition) is 5. The highest BCUT2D eigenvalue weighted by molar-refractivity contribution is 5.96. The van der Waals surface area contributed by atoms with E-state index in [1.807, 2.05) is 47.9 Å². The molecule has 1 aromatic heterocycles. The molecule has 1 aliphatic heterocycles. The van der Waals surface area contributed by atoms with Crippen molar-refractivity contribution in [2.24, 2.45) is 0 Å². The molecule has 2 heterocycles. The van der Waals surface area contributed by atoms with Gasteiger partial charge in [0.15, 0.2) is 0 Å². The normalized spacial score (nSPS) is 14.4. The predicted octanol–water partition coefficient (Wildman–Crippen LogP) is 3.64. The van der Waals surface area contributed by atoms with E-state index in [0.717, 1.165) is 50.4 Å². The maximum absolute atomic E-state index is 12.8. The third kappa shape index (κ3) is 5.61. The topological polar surface area (TPSA) is 68.8 Å². The molecular weight excluding hydrogens is 390 g/mol. The van der Waals surface area contributed by atoms with E-state index < -0.39 is 0 Å². The number of hydrogen-bond donors (Lipinski definition) is 1. The minimum Gasteiger partial charge on any atom is -0.340 e. The maximum Gasteiger partial charge on any atom is 0.255 e. The Labute approximate surface area is 186 Å². The van der Waals surface area contributed by atoms with Crippen LogP contribution in [0.2, 0.25) is 0 Å². The van der Waals surface area contributed by atoms with Gasteiger partial charge in [-0.15, -0.1) is 0 Å². The number of carbonyl (C=O) groups excluding carboxylic acids is 2. The molecule has 7 nitrogen and oxygen atoms in total. The Morgan fingerprint density at radius 1 is 1.10 bits per heavy atom. The summed E-state index contributed by atoms with van der Waals surface area (Å²) in [5, 5.41) is 3.29. The lowest BCUT2D eigenvalue weighted by atomic mass is 10.1. The second-order valence-corrected chi connectivity index (χ2v) is 8.07. The number of benzene rings is 1. The molecule has 0 spiro atoms. The van der Waals surface area contributed by atoms with Crippen LogP contribution < -0.4 is 5.32 Å². The highest BCUT2D eigenvalue weighted by Crippen LogP contribution is 2.22. The molecule has 0 aliphatic carbocycles. The number of carbonyl (C=O) groups is 2. The zero-order chi connectivity index (χ0) is 22.4. The van der Waals surface area contributed by atoms with Crippen molar-refractivity contribution in [2.45, 2.75) is 27.2 Å². The monoisotopic (exact) mass is 425 g/mol. The number of nitrogens with zero attached hydrogens (tertiary/aromatic N) is 4. The lowest BCUT2D eigenvalue weighted by molar-refractivity contribution is 0.0663. The summed E-state index contributed by atoms with van der Waals surface area (Å²) < 4.78 is 0. The van der Waals surface area contributed by atoms with Gasteiger partial charge in [0.05, 0.1) is 5.56 Å². The average molecular weight is 426 g/mol. The molecule has 0 atom stereocenters. The van der Waals surface area contributed by atoms with Crippen molar-refractivity contribution in [2.75, 3.05) is 51.6 Å². The summed E-state index contributed by atoms with van der Waals surface area (Å²) in [7, 11) is 2.07. The molecule has 1 aliphatic rings. The fourth-order valence-electron chi connectivity index (χ4n) is 3.67. The molecule has 31 heavy (non-hydrogen) atoms. The summed E-state index contributed by atoms with van der Waals surface area (Å²) in [5.74, 6) is 0.698. The number of amides is 2. The summed E-state index contributed by atoms with van der Waals surface area (Å²) in [6.07, 6.45) is 2.55. The second-order valence-electron chi connectivity index (χ2n) is 8.07. The van der Waals surface area contributed by atoms with Gasteiger partial charge in [-0.25, -0.2) is 4.98 Å².